The van der Waals surface area contributed by atoms with Gasteiger partial charge in [0.15, 0.2) is 0 Å². The van der Waals surface area contributed by atoms with Crippen LogP contribution in [0.25, 0.3) is 0 Å². The van der Waals surface area contributed by atoms with Crippen molar-refractivity contribution in [2.75, 3.05) is 26.2 Å². The zero-order chi connectivity index (χ0) is 28.9. The van der Waals surface area contributed by atoms with E-state index in [1.807, 2.05) is 30.3 Å². The van der Waals surface area contributed by atoms with E-state index in [2.05, 4.69) is 16.3 Å². The summed E-state index contributed by atoms with van der Waals surface area (Å²) in [6.07, 6.45) is 2.27. The number of urea groups is 1. The predicted octanol–water partition coefficient (Wildman–Crippen LogP) is 4.10. The van der Waals surface area contributed by atoms with Crippen LogP contribution in [0.5, 0.6) is 0 Å². The molecule has 2 aromatic rings. The first-order chi connectivity index (χ1) is 19.2. The highest BCUT2D eigenvalue weighted by Crippen LogP contribution is 2.37. The van der Waals surface area contributed by atoms with Crippen molar-refractivity contribution in [2.45, 2.75) is 44.1 Å². The van der Waals surface area contributed by atoms with Gasteiger partial charge in [0.25, 0.3) is 0 Å². The molecule has 9 nitrogen and oxygen atoms in total. The number of hydrazine groups is 1. The van der Waals surface area contributed by atoms with Crippen LogP contribution >= 0.6 is 0 Å². The number of piperidine rings is 1. The number of benzene rings is 2. The first-order valence-electron chi connectivity index (χ1n) is 13.2. The smallest absolute Gasteiger partial charge is 0.341 e. The molecule has 0 saturated carbocycles. The summed E-state index contributed by atoms with van der Waals surface area (Å²) in [4.78, 5) is 39.8. The van der Waals surface area contributed by atoms with Crippen LogP contribution in [-0.4, -0.2) is 64.6 Å². The molecule has 1 unspecified atom stereocenters. The van der Waals surface area contributed by atoms with Gasteiger partial charge in [0.1, 0.15) is 17.7 Å². The SMILES string of the molecule is CCC1=C(C(=O)O)C(c2ccc(F)cc2F)N(N(C=O)CCCN2CCC(C#N)(c3ccccc3)CC2)C(=O)N1. The van der Waals surface area contributed by atoms with Gasteiger partial charge in [0.2, 0.25) is 6.41 Å². The number of hydrogen-bond donors (Lipinski definition) is 2. The molecule has 2 heterocycles. The molecule has 0 radical (unpaired) electrons. The summed E-state index contributed by atoms with van der Waals surface area (Å²) in [7, 11) is 0. The quantitative estimate of drug-likeness (QED) is 0.430. The van der Waals surface area contributed by atoms with E-state index in [4.69, 9.17) is 0 Å². The second-order valence-corrected chi connectivity index (χ2v) is 9.92. The summed E-state index contributed by atoms with van der Waals surface area (Å²) in [5, 5.41) is 24.4. The molecule has 0 aromatic heterocycles. The third-order valence-electron chi connectivity index (χ3n) is 7.66. The lowest BCUT2D eigenvalue weighted by molar-refractivity contribution is -0.139. The van der Waals surface area contributed by atoms with Crippen molar-refractivity contribution in [3.05, 3.63) is 82.6 Å². The number of nitrogens with zero attached hydrogens (tertiary/aromatic N) is 4. The minimum atomic E-state index is -1.48. The van der Waals surface area contributed by atoms with E-state index in [0.717, 1.165) is 27.7 Å². The fraction of sp³-hybridized carbons (Fsp3) is 0.379. The molecule has 2 N–H and O–H groups in total. The molecule has 0 aliphatic carbocycles. The molecule has 4 rings (SSSR count). The molecule has 3 amide bonds. The maximum Gasteiger partial charge on any atom is 0.341 e. The molecule has 0 bridgehead atoms. The summed E-state index contributed by atoms with van der Waals surface area (Å²) < 4.78 is 28.6. The number of amides is 3. The number of aliphatic carboxylic acids is 1. The highest BCUT2D eigenvalue weighted by Gasteiger charge is 2.43. The Balaban J connectivity index is 1.50. The van der Waals surface area contributed by atoms with Crippen molar-refractivity contribution in [3.8, 4) is 6.07 Å². The number of carboxylic acids is 1. The lowest BCUT2D eigenvalue weighted by Gasteiger charge is -2.42. The van der Waals surface area contributed by atoms with E-state index >= 15 is 0 Å². The highest BCUT2D eigenvalue weighted by molar-refractivity contribution is 5.94. The lowest BCUT2D eigenvalue weighted by Crippen LogP contribution is -2.56. The summed E-state index contributed by atoms with van der Waals surface area (Å²) >= 11 is 0. The van der Waals surface area contributed by atoms with Gasteiger partial charge in [-0.15, -0.1) is 0 Å². The molecule has 0 spiro atoms. The number of hydrogen-bond acceptors (Lipinski definition) is 5. The number of nitriles is 1. The third-order valence-corrected chi connectivity index (χ3v) is 7.66. The van der Waals surface area contributed by atoms with Gasteiger partial charge in [-0.05, 0) is 56.9 Å². The summed E-state index contributed by atoms with van der Waals surface area (Å²) in [6.45, 7) is 3.59. The van der Waals surface area contributed by atoms with Crippen LogP contribution in [0, 0.1) is 23.0 Å². The molecule has 11 heteroatoms. The second kappa shape index (κ2) is 12.3. The number of carboxylic acid groups (broad SMARTS) is 1. The van der Waals surface area contributed by atoms with Gasteiger partial charge in [0, 0.05) is 23.9 Å². The zero-order valence-corrected chi connectivity index (χ0v) is 22.1. The van der Waals surface area contributed by atoms with Gasteiger partial charge in [0.05, 0.1) is 17.1 Å². The maximum atomic E-state index is 14.9. The van der Waals surface area contributed by atoms with Crippen LogP contribution in [0.15, 0.2) is 59.8 Å². The number of carbonyl (C=O) groups is 3. The molecule has 2 aliphatic heterocycles. The second-order valence-electron chi connectivity index (χ2n) is 9.92. The van der Waals surface area contributed by atoms with Crippen molar-refractivity contribution in [1.82, 2.24) is 20.2 Å². The molecular formula is C29H31F2N5O4. The Morgan fingerprint density at radius 2 is 1.93 bits per heavy atom. The van der Waals surface area contributed by atoms with Crippen molar-refractivity contribution >= 4 is 18.4 Å². The monoisotopic (exact) mass is 551 g/mol. The normalized spacial score (nSPS) is 19.1. The number of halogens is 2. The van der Waals surface area contributed by atoms with Gasteiger partial charge in [-0.1, -0.05) is 43.3 Å². The first kappa shape index (κ1) is 28.7. The molecule has 1 atom stereocenters. The minimum absolute atomic E-state index is 0.0448. The molecule has 1 fully saturated rings. The van der Waals surface area contributed by atoms with E-state index in [1.54, 1.807) is 6.92 Å². The van der Waals surface area contributed by atoms with E-state index < -0.39 is 35.1 Å². The van der Waals surface area contributed by atoms with Crippen molar-refractivity contribution in [2.24, 2.45) is 0 Å². The topological polar surface area (TPSA) is 117 Å². The van der Waals surface area contributed by atoms with Crippen LogP contribution in [0.1, 0.15) is 49.8 Å². The molecular weight excluding hydrogens is 520 g/mol. The Morgan fingerprint density at radius 1 is 1.23 bits per heavy atom. The van der Waals surface area contributed by atoms with E-state index in [1.165, 1.54) is 0 Å². The highest BCUT2D eigenvalue weighted by atomic mass is 19.1. The number of nitrogens with one attached hydrogen (secondary N) is 1. The van der Waals surface area contributed by atoms with Crippen molar-refractivity contribution in [3.63, 3.8) is 0 Å². The van der Waals surface area contributed by atoms with Gasteiger partial charge in [-0.25, -0.2) is 23.4 Å². The van der Waals surface area contributed by atoms with Crippen LogP contribution in [0.2, 0.25) is 0 Å². The fourth-order valence-corrected chi connectivity index (χ4v) is 5.51. The van der Waals surface area contributed by atoms with E-state index in [-0.39, 0.29) is 29.8 Å². The molecule has 2 aliphatic rings. The van der Waals surface area contributed by atoms with E-state index in [9.17, 15) is 33.5 Å². The van der Waals surface area contributed by atoms with Gasteiger partial charge in [-0.3, -0.25) is 9.80 Å². The Hall–Kier alpha value is -4.30. The Bertz CT molecular complexity index is 1340. The van der Waals surface area contributed by atoms with Crippen molar-refractivity contribution < 1.29 is 28.3 Å². The van der Waals surface area contributed by atoms with Gasteiger partial charge < -0.3 is 15.3 Å². The zero-order valence-electron chi connectivity index (χ0n) is 22.1. The maximum absolute atomic E-state index is 14.9. The lowest BCUT2D eigenvalue weighted by atomic mass is 9.74. The van der Waals surface area contributed by atoms with Gasteiger partial charge in [-0.2, -0.15) is 5.26 Å². The van der Waals surface area contributed by atoms with Crippen LogP contribution in [0.4, 0.5) is 13.6 Å². The summed E-state index contributed by atoms with van der Waals surface area (Å²) in [5.41, 5.74) is -0.0173. The van der Waals surface area contributed by atoms with Crippen molar-refractivity contribution in [1.29, 1.82) is 5.26 Å². The first-order valence-corrected chi connectivity index (χ1v) is 13.2. The number of rotatable bonds is 10. The number of carbonyl (C=O) groups excluding carboxylic acids is 2. The van der Waals surface area contributed by atoms with Crippen LogP contribution < -0.4 is 5.32 Å². The Labute approximate surface area is 231 Å². The van der Waals surface area contributed by atoms with Gasteiger partial charge >= 0.3 is 12.0 Å². The molecule has 1 saturated heterocycles. The van der Waals surface area contributed by atoms with Crippen LogP contribution in [0.3, 0.4) is 0 Å². The average molecular weight is 552 g/mol. The largest absolute Gasteiger partial charge is 0.478 e. The Morgan fingerprint density at radius 3 is 2.50 bits per heavy atom. The molecule has 2 aromatic carbocycles. The predicted molar refractivity (Wildman–Crippen MR) is 141 cm³/mol. The summed E-state index contributed by atoms with van der Waals surface area (Å²) in [5.74, 6) is -3.28. The molecule has 40 heavy (non-hydrogen) atoms. The minimum Gasteiger partial charge on any atom is -0.478 e. The summed E-state index contributed by atoms with van der Waals surface area (Å²) in [6, 6.07) is 12.6. The Kier molecular flexibility index (Phi) is 8.80. The number of likely N-dealkylation sites (tertiary alicyclic amines) is 1. The third kappa shape index (κ3) is 5.67. The fourth-order valence-electron chi connectivity index (χ4n) is 5.51. The van der Waals surface area contributed by atoms with E-state index in [0.29, 0.717) is 51.4 Å². The average Bonchev–Trinajstić information content (AvgIpc) is 2.96. The number of allylic oxidation sites excluding steroid dienone is 1. The van der Waals surface area contributed by atoms with Crippen LogP contribution in [-0.2, 0) is 15.0 Å². The standard InChI is InChI=1S/C29H31F2N5O4/c1-2-24-25(27(38)39)26(22-10-9-21(30)17-23(22)31)36(28(40)33-24)35(19-37)14-6-13-34-15-11-29(18-32,12-16-34)20-7-4-3-5-8-20/h3-5,7-10,17,19,26H,2,6,11-16H2,1H3,(H,33,40)(H,38,39). The molecule has 210 valence electrons.